The molecule has 2 rings (SSSR count). The van der Waals surface area contributed by atoms with Gasteiger partial charge in [0.1, 0.15) is 0 Å². The van der Waals surface area contributed by atoms with Crippen LogP contribution in [0.2, 0.25) is 0 Å². The normalized spacial score (nSPS) is 12.2. The first-order valence-corrected chi connectivity index (χ1v) is 10.4. The molecule has 3 nitrogen and oxygen atoms in total. The zero-order valence-electron chi connectivity index (χ0n) is 16.0. The molecular formula is C21H29NO2S. The largest absolute Gasteiger partial charge is 0.279 e. The lowest BCUT2D eigenvalue weighted by atomic mass is 9.88. The van der Waals surface area contributed by atoms with Gasteiger partial charge in [0.15, 0.2) is 0 Å². The average Bonchev–Trinajstić information content (AvgIpc) is 2.54. The highest BCUT2D eigenvalue weighted by Gasteiger charge is 2.22. The number of hydrogen-bond acceptors (Lipinski definition) is 2. The molecule has 0 saturated heterocycles. The minimum absolute atomic E-state index is 0.227. The molecule has 0 aliphatic heterocycles. The number of nitrogens with one attached hydrogen (secondary N) is 1. The summed E-state index contributed by atoms with van der Waals surface area (Å²) in [6, 6.07) is 12.8. The monoisotopic (exact) mass is 359 g/mol. The number of anilines is 1. The van der Waals surface area contributed by atoms with Crippen molar-refractivity contribution in [3.63, 3.8) is 0 Å². The molecule has 0 amide bonds. The molecule has 136 valence electrons. The lowest BCUT2D eigenvalue weighted by molar-refractivity contribution is 0.601. The fourth-order valence-corrected chi connectivity index (χ4v) is 4.00. The Morgan fingerprint density at radius 2 is 1.24 bits per heavy atom. The molecule has 2 aromatic carbocycles. The Kier molecular flexibility index (Phi) is 5.94. The highest BCUT2D eigenvalue weighted by atomic mass is 32.2. The molecule has 1 N–H and O–H groups in total. The van der Waals surface area contributed by atoms with Crippen LogP contribution in [0.4, 0.5) is 5.69 Å². The third-order valence-electron chi connectivity index (χ3n) is 4.42. The lowest BCUT2D eigenvalue weighted by Crippen LogP contribution is -2.17. The van der Waals surface area contributed by atoms with E-state index in [-0.39, 0.29) is 16.7 Å². The topological polar surface area (TPSA) is 46.2 Å². The predicted octanol–water partition coefficient (Wildman–Crippen LogP) is 5.86. The number of benzene rings is 2. The van der Waals surface area contributed by atoms with Crippen molar-refractivity contribution >= 4 is 15.7 Å². The smallest absolute Gasteiger partial charge is 0.261 e. The summed E-state index contributed by atoms with van der Waals surface area (Å²) in [5, 5.41) is 0. The van der Waals surface area contributed by atoms with E-state index in [0.29, 0.717) is 5.92 Å². The fraction of sp³-hybridized carbons (Fsp3) is 0.429. The molecular weight excluding hydrogens is 330 g/mol. The maximum Gasteiger partial charge on any atom is 0.261 e. The van der Waals surface area contributed by atoms with Gasteiger partial charge in [0, 0.05) is 0 Å². The van der Waals surface area contributed by atoms with Crippen molar-refractivity contribution in [3.8, 4) is 0 Å². The molecule has 0 heterocycles. The Bertz CT molecular complexity index is 793. The molecule has 0 aromatic heterocycles. The standard InChI is InChI=1S/C21H29NO2S/c1-14(2)17-12-19(15(3)4)21(20(13-17)16(5)6)22-25(23,24)18-10-8-7-9-11-18/h7-16,22H,1-6H3. The van der Waals surface area contributed by atoms with Gasteiger partial charge in [0.2, 0.25) is 0 Å². The van der Waals surface area contributed by atoms with E-state index in [1.54, 1.807) is 24.3 Å². The third kappa shape index (κ3) is 4.43. The van der Waals surface area contributed by atoms with Crippen LogP contribution in [-0.4, -0.2) is 8.42 Å². The summed E-state index contributed by atoms with van der Waals surface area (Å²) in [6.07, 6.45) is 0. The second-order valence-electron chi connectivity index (χ2n) is 7.46. The molecule has 0 atom stereocenters. The van der Waals surface area contributed by atoms with Crippen LogP contribution in [0.15, 0.2) is 47.4 Å². The Balaban J connectivity index is 2.63. The Hall–Kier alpha value is -1.81. The van der Waals surface area contributed by atoms with Gasteiger partial charge in [0.25, 0.3) is 10.0 Å². The van der Waals surface area contributed by atoms with Crippen molar-refractivity contribution in [1.29, 1.82) is 0 Å². The molecule has 0 unspecified atom stereocenters. The van der Waals surface area contributed by atoms with Crippen molar-refractivity contribution < 1.29 is 8.42 Å². The zero-order valence-corrected chi connectivity index (χ0v) is 16.8. The highest BCUT2D eigenvalue weighted by Crippen LogP contribution is 2.37. The number of rotatable bonds is 6. The minimum atomic E-state index is -3.61. The van der Waals surface area contributed by atoms with Crippen LogP contribution in [0.5, 0.6) is 0 Å². The van der Waals surface area contributed by atoms with Gasteiger partial charge in [-0.15, -0.1) is 0 Å². The molecule has 2 aromatic rings. The molecule has 0 radical (unpaired) electrons. The Morgan fingerprint density at radius 1 is 0.760 bits per heavy atom. The molecule has 4 heteroatoms. The van der Waals surface area contributed by atoms with Gasteiger partial charge in [-0.2, -0.15) is 0 Å². The van der Waals surface area contributed by atoms with Gasteiger partial charge < -0.3 is 0 Å². The van der Waals surface area contributed by atoms with E-state index >= 15 is 0 Å². The first-order valence-electron chi connectivity index (χ1n) is 8.89. The minimum Gasteiger partial charge on any atom is -0.279 e. The van der Waals surface area contributed by atoms with Crippen molar-refractivity contribution in [2.75, 3.05) is 4.72 Å². The summed E-state index contributed by atoms with van der Waals surface area (Å²) in [4.78, 5) is 0.285. The summed E-state index contributed by atoms with van der Waals surface area (Å²) < 4.78 is 28.6. The molecule has 25 heavy (non-hydrogen) atoms. The highest BCUT2D eigenvalue weighted by molar-refractivity contribution is 7.92. The van der Waals surface area contributed by atoms with Gasteiger partial charge >= 0.3 is 0 Å². The van der Waals surface area contributed by atoms with E-state index < -0.39 is 10.0 Å². The van der Waals surface area contributed by atoms with E-state index in [4.69, 9.17) is 0 Å². The van der Waals surface area contributed by atoms with Crippen LogP contribution in [0.25, 0.3) is 0 Å². The summed E-state index contributed by atoms with van der Waals surface area (Å²) in [6.45, 7) is 12.7. The SMILES string of the molecule is CC(C)c1cc(C(C)C)c(NS(=O)(=O)c2ccccc2)c(C(C)C)c1. The second kappa shape index (κ2) is 7.61. The lowest BCUT2D eigenvalue weighted by Gasteiger charge is -2.23. The molecule has 0 spiro atoms. The second-order valence-corrected chi connectivity index (χ2v) is 9.14. The van der Waals surface area contributed by atoms with Crippen LogP contribution in [0.3, 0.4) is 0 Å². The Labute approximate surface area is 152 Å². The first-order chi connectivity index (χ1) is 11.6. The summed E-state index contributed by atoms with van der Waals surface area (Å²) in [7, 11) is -3.61. The van der Waals surface area contributed by atoms with E-state index in [9.17, 15) is 8.42 Å². The third-order valence-corrected chi connectivity index (χ3v) is 5.79. The molecule has 0 fully saturated rings. The predicted molar refractivity (Wildman–Crippen MR) is 106 cm³/mol. The van der Waals surface area contributed by atoms with E-state index in [2.05, 4.69) is 58.4 Å². The quantitative estimate of drug-likeness (QED) is 0.702. The molecule has 0 aliphatic rings. The molecule has 0 saturated carbocycles. The van der Waals surface area contributed by atoms with Crippen LogP contribution >= 0.6 is 0 Å². The van der Waals surface area contributed by atoms with Crippen LogP contribution in [0, 0.1) is 0 Å². The van der Waals surface area contributed by atoms with Gasteiger partial charge in [-0.1, -0.05) is 71.9 Å². The van der Waals surface area contributed by atoms with Crippen LogP contribution in [0.1, 0.15) is 76.0 Å². The Morgan fingerprint density at radius 3 is 1.64 bits per heavy atom. The van der Waals surface area contributed by atoms with Crippen molar-refractivity contribution in [2.24, 2.45) is 0 Å². The maximum atomic E-state index is 12.9. The van der Waals surface area contributed by atoms with Gasteiger partial charge in [-0.05, 0) is 46.6 Å². The number of sulfonamides is 1. The average molecular weight is 360 g/mol. The molecule has 0 bridgehead atoms. The van der Waals surface area contributed by atoms with Gasteiger partial charge in [-0.25, -0.2) is 8.42 Å². The van der Waals surface area contributed by atoms with Crippen molar-refractivity contribution in [3.05, 3.63) is 59.2 Å². The van der Waals surface area contributed by atoms with Crippen molar-refractivity contribution in [2.45, 2.75) is 64.2 Å². The van der Waals surface area contributed by atoms with Gasteiger partial charge in [0.05, 0.1) is 10.6 Å². The van der Waals surface area contributed by atoms with E-state index in [1.165, 1.54) is 5.56 Å². The van der Waals surface area contributed by atoms with E-state index in [1.807, 2.05) is 6.07 Å². The summed E-state index contributed by atoms with van der Waals surface area (Å²) in [5.74, 6) is 0.851. The summed E-state index contributed by atoms with van der Waals surface area (Å²) >= 11 is 0. The first kappa shape index (κ1) is 19.5. The summed E-state index contributed by atoms with van der Waals surface area (Å²) in [5.41, 5.74) is 4.08. The van der Waals surface area contributed by atoms with Crippen molar-refractivity contribution in [1.82, 2.24) is 0 Å². The van der Waals surface area contributed by atoms with Crippen LogP contribution in [-0.2, 0) is 10.0 Å². The van der Waals surface area contributed by atoms with E-state index in [0.717, 1.165) is 16.8 Å². The van der Waals surface area contributed by atoms with Gasteiger partial charge in [-0.3, -0.25) is 4.72 Å². The molecule has 0 aliphatic carbocycles. The number of hydrogen-bond donors (Lipinski definition) is 1. The maximum absolute atomic E-state index is 12.9. The van der Waals surface area contributed by atoms with Crippen LogP contribution < -0.4 is 4.72 Å². The fourth-order valence-electron chi connectivity index (χ4n) is 2.87. The zero-order chi connectivity index (χ0) is 18.8.